The summed E-state index contributed by atoms with van der Waals surface area (Å²) in [5.74, 6) is 7.33. The highest BCUT2D eigenvalue weighted by Gasteiger charge is 2.11. The number of nitrogens with two attached hydrogens (primary N) is 1. The number of nitrogens with one attached hydrogen (secondary N) is 1. The summed E-state index contributed by atoms with van der Waals surface area (Å²) in [5.41, 5.74) is 4.29. The number of rotatable bonds is 7. The van der Waals surface area contributed by atoms with Crippen molar-refractivity contribution in [1.82, 2.24) is 5.43 Å². The zero-order valence-corrected chi connectivity index (χ0v) is 13.2. The molecule has 0 radical (unpaired) electrons. The van der Waals surface area contributed by atoms with E-state index in [0.717, 1.165) is 18.6 Å². The summed E-state index contributed by atoms with van der Waals surface area (Å²) in [6.45, 7) is 4.49. The highest BCUT2D eigenvalue weighted by molar-refractivity contribution is 5.87. The van der Waals surface area contributed by atoms with Crippen LogP contribution in [0.3, 0.4) is 0 Å². The van der Waals surface area contributed by atoms with E-state index in [9.17, 15) is 0 Å². The lowest BCUT2D eigenvalue weighted by molar-refractivity contribution is 0.415. The molecule has 0 aliphatic heterocycles. The SMILES string of the molecule is COc1ccc2cccc(CC(CCC(C)C)NN)c2c1. The van der Waals surface area contributed by atoms with Crippen LogP contribution in [0, 0.1) is 5.92 Å². The first-order chi connectivity index (χ1) is 10.1. The minimum absolute atomic E-state index is 0.309. The van der Waals surface area contributed by atoms with Crippen molar-refractivity contribution in [2.45, 2.75) is 39.2 Å². The van der Waals surface area contributed by atoms with Crippen LogP contribution in [0.1, 0.15) is 32.3 Å². The van der Waals surface area contributed by atoms with E-state index < -0.39 is 0 Å². The van der Waals surface area contributed by atoms with Crippen molar-refractivity contribution in [1.29, 1.82) is 0 Å². The van der Waals surface area contributed by atoms with Gasteiger partial charge in [-0.25, -0.2) is 0 Å². The van der Waals surface area contributed by atoms with Crippen molar-refractivity contribution in [3.05, 3.63) is 42.0 Å². The summed E-state index contributed by atoms with van der Waals surface area (Å²) in [5, 5.41) is 2.49. The van der Waals surface area contributed by atoms with Gasteiger partial charge < -0.3 is 4.74 Å². The van der Waals surface area contributed by atoms with Crippen molar-refractivity contribution in [3.8, 4) is 5.75 Å². The second-order valence-corrected chi connectivity index (χ2v) is 6.04. The molecule has 2 aromatic carbocycles. The maximum absolute atomic E-state index is 5.73. The van der Waals surface area contributed by atoms with Crippen LogP contribution in [0.4, 0.5) is 0 Å². The Balaban J connectivity index is 2.23. The molecule has 0 saturated carbocycles. The molecular weight excluding hydrogens is 260 g/mol. The van der Waals surface area contributed by atoms with E-state index in [1.54, 1.807) is 7.11 Å². The first kappa shape index (κ1) is 15.8. The van der Waals surface area contributed by atoms with E-state index >= 15 is 0 Å². The Hall–Kier alpha value is -1.58. The number of hydrogen-bond acceptors (Lipinski definition) is 3. The molecule has 2 rings (SSSR count). The maximum atomic E-state index is 5.73. The molecule has 2 aromatic rings. The molecule has 21 heavy (non-hydrogen) atoms. The summed E-state index contributed by atoms with van der Waals surface area (Å²) in [6, 6.07) is 13.0. The molecule has 0 fully saturated rings. The minimum atomic E-state index is 0.309. The minimum Gasteiger partial charge on any atom is -0.497 e. The Kier molecular flexibility index (Phi) is 5.59. The van der Waals surface area contributed by atoms with Crippen LogP contribution in [-0.2, 0) is 6.42 Å². The number of hydrogen-bond donors (Lipinski definition) is 2. The van der Waals surface area contributed by atoms with E-state index in [-0.39, 0.29) is 0 Å². The molecule has 3 N–H and O–H groups in total. The zero-order chi connectivity index (χ0) is 15.2. The lowest BCUT2D eigenvalue weighted by Crippen LogP contribution is -2.37. The van der Waals surface area contributed by atoms with Gasteiger partial charge in [-0.05, 0) is 53.6 Å². The molecule has 3 nitrogen and oxygen atoms in total. The molecule has 0 heterocycles. The summed E-state index contributed by atoms with van der Waals surface area (Å²) in [7, 11) is 1.71. The number of benzene rings is 2. The Morgan fingerprint density at radius 3 is 2.62 bits per heavy atom. The molecular formula is C18H26N2O. The Morgan fingerprint density at radius 2 is 1.95 bits per heavy atom. The zero-order valence-electron chi connectivity index (χ0n) is 13.2. The molecule has 0 saturated heterocycles. The third-order valence-electron chi connectivity index (χ3n) is 3.97. The fourth-order valence-electron chi connectivity index (χ4n) is 2.67. The first-order valence-electron chi connectivity index (χ1n) is 7.65. The fourth-order valence-corrected chi connectivity index (χ4v) is 2.67. The van der Waals surface area contributed by atoms with Gasteiger partial charge in [0.25, 0.3) is 0 Å². The summed E-state index contributed by atoms with van der Waals surface area (Å²) in [6.07, 6.45) is 3.21. The topological polar surface area (TPSA) is 47.3 Å². The predicted octanol–water partition coefficient (Wildman–Crippen LogP) is 3.66. The van der Waals surface area contributed by atoms with Crippen molar-refractivity contribution >= 4 is 10.8 Å². The summed E-state index contributed by atoms with van der Waals surface area (Å²) >= 11 is 0. The lowest BCUT2D eigenvalue weighted by Gasteiger charge is -2.18. The number of methoxy groups -OCH3 is 1. The Morgan fingerprint density at radius 1 is 1.14 bits per heavy atom. The van der Waals surface area contributed by atoms with Crippen molar-refractivity contribution in [3.63, 3.8) is 0 Å². The fraction of sp³-hybridized carbons (Fsp3) is 0.444. The number of hydrazine groups is 1. The molecule has 1 unspecified atom stereocenters. The standard InChI is InChI=1S/C18H26N2O/c1-13(2)7-9-16(20-19)11-15-6-4-5-14-8-10-17(21-3)12-18(14)15/h4-6,8,10,12-13,16,20H,7,9,11,19H2,1-3H3. The average Bonchev–Trinajstić information content (AvgIpc) is 2.50. The van der Waals surface area contributed by atoms with Gasteiger partial charge in [-0.3, -0.25) is 11.3 Å². The summed E-state index contributed by atoms with van der Waals surface area (Å²) < 4.78 is 5.35. The normalized spacial score (nSPS) is 12.8. The highest BCUT2D eigenvalue weighted by Crippen LogP contribution is 2.25. The van der Waals surface area contributed by atoms with Gasteiger partial charge in [0.15, 0.2) is 0 Å². The van der Waals surface area contributed by atoms with E-state index in [2.05, 4.69) is 49.6 Å². The lowest BCUT2D eigenvalue weighted by atomic mass is 9.95. The molecule has 114 valence electrons. The molecule has 0 aromatic heterocycles. The van der Waals surface area contributed by atoms with Gasteiger partial charge >= 0.3 is 0 Å². The van der Waals surface area contributed by atoms with Crippen LogP contribution in [-0.4, -0.2) is 13.2 Å². The van der Waals surface area contributed by atoms with Crippen LogP contribution in [0.25, 0.3) is 10.8 Å². The molecule has 0 bridgehead atoms. The van der Waals surface area contributed by atoms with Crippen LogP contribution in [0.5, 0.6) is 5.75 Å². The van der Waals surface area contributed by atoms with Crippen molar-refractivity contribution in [2.75, 3.05) is 7.11 Å². The van der Waals surface area contributed by atoms with E-state index in [0.29, 0.717) is 12.0 Å². The van der Waals surface area contributed by atoms with Gasteiger partial charge in [-0.1, -0.05) is 38.1 Å². The third-order valence-corrected chi connectivity index (χ3v) is 3.97. The predicted molar refractivity (Wildman–Crippen MR) is 89.4 cm³/mol. The van der Waals surface area contributed by atoms with Crippen LogP contribution >= 0.6 is 0 Å². The number of fused-ring (bicyclic) bond motifs is 1. The van der Waals surface area contributed by atoms with Gasteiger partial charge in [0.2, 0.25) is 0 Å². The van der Waals surface area contributed by atoms with Gasteiger partial charge in [0, 0.05) is 6.04 Å². The first-order valence-corrected chi connectivity index (χ1v) is 7.65. The second kappa shape index (κ2) is 7.43. The number of ether oxygens (including phenoxy) is 1. The molecule has 0 aliphatic carbocycles. The Labute approximate surface area is 127 Å². The average molecular weight is 286 g/mol. The molecule has 0 amide bonds. The van der Waals surface area contributed by atoms with Gasteiger partial charge in [-0.15, -0.1) is 0 Å². The second-order valence-electron chi connectivity index (χ2n) is 6.04. The monoisotopic (exact) mass is 286 g/mol. The maximum Gasteiger partial charge on any atom is 0.119 e. The third kappa shape index (κ3) is 4.19. The van der Waals surface area contributed by atoms with E-state index in [4.69, 9.17) is 10.6 Å². The molecule has 0 aliphatic rings. The van der Waals surface area contributed by atoms with Gasteiger partial charge in [-0.2, -0.15) is 0 Å². The van der Waals surface area contributed by atoms with E-state index in [1.807, 2.05) is 6.07 Å². The molecule has 1 atom stereocenters. The van der Waals surface area contributed by atoms with Gasteiger partial charge in [0.1, 0.15) is 5.75 Å². The smallest absolute Gasteiger partial charge is 0.119 e. The van der Waals surface area contributed by atoms with Crippen LogP contribution < -0.4 is 16.0 Å². The quantitative estimate of drug-likeness (QED) is 0.603. The van der Waals surface area contributed by atoms with Crippen LogP contribution in [0.15, 0.2) is 36.4 Å². The highest BCUT2D eigenvalue weighted by atomic mass is 16.5. The van der Waals surface area contributed by atoms with Crippen molar-refractivity contribution < 1.29 is 4.74 Å². The summed E-state index contributed by atoms with van der Waals surface area (Å²) in [4.78, 5) is 0. The van der Waals surface area contributed by atoms with E-state index in [1.165, 1.54) is 22.8 Å². The Bertz CT molecular complexity index is 580. The largest absolute Gasteiger partial charge is 0.497 e. The molecule has 3 heteroatoms. The van der Waals surface area contributed by atoms with Crippen LogP contribution in [0.2, 0.25) is 0 Å². The van der Waals surface area contributed by atoms with Crippen molar-refractivity contribution in [2.24, 2.45) is 11.8 Å². The van der Waals surface area contributed by atoms with Gasteiger partial charge in [0.05, 0.1) is 7.11 Å². The molecule has 0 spiro atoms.